The molecule has 39 heavy (non-hydrogen) atoms. The number of amides is 2. The number of nitrogen functional groups attached to an aromatic ring is 1. The smallest absolute Gasteiger partial charge is 0.257 e. The first-order chi connectivity index (χ1) is 19.0. The topological polar surface area (TPSA) is 128 Å². The second-order valence-electron chi connectivity index (χ2n) is 9.27. The molecule has 1 atom stereocenters. The highest BCUT2D eigenvalue weighted by Gasteiger charge is 2.31. The third-order valence-electron chi connectivity index (χ3n) is 6.76. The van der Waals surface area contributed by atoms with Crippen molar-refractivity contribution in [1.82, 2.24) is 24.3 Å². The first-order valence-electron chi connectivity index (χ1n) is 12.9. The molecule has 202 valence electrons. The van der Waals surface area contributed by atoms with Crippen LogP contribution in [0.2, 0.25) is 0 Å². The van der Waals surface area contributed by atoms with Gasteiger partial charge in [-0.25, -0.2) is 15.0 Å². The maximum Gasteiger partial charge on any atom is 0.257 e. The number of carbonyl (C=O) groups excluding carboxylic acids is 2. The number of rotatable bonds is 8. The van der Waals surface area contributed by atoms with Gasteiger partial charge >= 0.3 is 0 Å². The Labute approximate surface area is 230 Å². The van der Waals surface area contributed by atoms with E-state index in [1.54, 1.807) is 43.8 Å². The number of nitrogens with zero attached hydrogens (tertiary/aromatic N) is 5. The maximum absolute atomic E-state index is 13.1. The molecule has 4 heterocycles. The molecule has 0 unspecified atom stereocenters. The minimum absolute atomic E-state index is 0.0706. The van der Waals surface area contributed by atoms with Crippen LogP contribution in [-0.2, 0) is 16.0 Å². The number of imidazole rings is 1. The van der Waals surface area contributed by atoms with Crippen LogP contribution in [0.5, 0.6) is 0 Å². The van der Waals surface area contributed by atoms with Gasteiger partial charge in [0.1, 0.15) is 22.9 Å². The van der Waals surface area contributed by atoms with Crippen LogP contribution in [0.4, 0.5) is 10.9 Å². The first kappa shape index (κ1) is 26.5. The molecule has 1 aliphatic heterocycles. The number of carbonyl (C=O) groups is 2. The average molecular weight is 546 g/mol. The third kappa shape index (κ3) is 5.55. The Morgan fingerprint density at radius 2 is 2.05 bits per heavy atom. The normalized spacial score (nSPS) is 15.7. The fourth-order valence-corrected chi connectivity index (χ4v) is 5.55. The molecule has 1 fully saturated rings. The number of likely N-dealkylation sites (tertiary alicyclic amines) is 1. The van der Waals surface area contributed by atoms with Gasteiger partial charge in [-0.1, -0.05) is 25.1 Å². The fraction of sp³-hybridized carbons (Fsp3) is 0.321. The zero-order valence-electron chi connectivity index (χ0n) is 22.0. The zero-order chi connectivity index (χ0) is 27.4. The lowest BCUT2D eigenvalue weighted by atomic mass is 10.0. The molecule has 1 aromatic carbocycles. The summed E-state index contributed by atoms with van der Waals surface area (Å²) in [6.07, 6.45) is 12.1. The van der Waals surface area contributed by atoms with Crippen LogP contribution < -0.4 is 11.1 Å². The molecule has 10 nitrogen and oxygen atoms in total. The quantitative estimate of drug-likeness (QED) is 0.312. The number of methoxy groups -OCH3 is 1. The van der Waals surface area contributed by atoms with Gasteiger partial charge < -0.3 is 15.4 Å². The molecule has 0 saturated carbocycles. The molecule has 1 saturated heterocycles. The van der Waals surface area contributed by atoms with Gasteiger partial charge in [-0.15, -0.1) is 11.3 Å². The number of ether oxygens (including phenoxy) is 1. The van der Waals surface area contributed by atoms with Gasteiger partial charge in [0.25, 0.3) is 5.91 Å². The second-order valence-corrected chi connectivity index (χ2v) is 10.4. The molecule has 0 aliphatic carbocycles. The first-order valence-corrected chi connectivity index (χ1v) is 13.8. The van der Waals surface area contributed by atoms with Crippen molar-refractivity contribution in [3.8, 4) is 11.3 Å². The van der Waals surface area contributed by atoms with Gasteiger partial charge in [0.15, 0.2) is 5.13 Å². The Morgan fingerprint density at radius 1 is 1.23 bits per heavy atom. The van der Waals surface area contributed by atoms with E-state index in [-0.39, 0.29) is 17.9 Å². The summed E-state index contributed by atoms with van der Waals surface area (Å²) in [5.74, 6) is 0.781. The Kier molecular flexibility index (Phi) is 7.99. The number of nitrogens with two attached hydrogens (primary N) is 1. The van der Waals surface area contributed by atoms with Crippen molar-refractivity contribution in [2.75, 3.05) is 31.3 Å². The molecule has 3 aromatic heterocycles. The van der Waals surface area contributed by atoms with Crippen LogP contribution in [0.15, 0.2) is 55.0 Å². The predicted octanol–water partition coefficient (Wildman–Crippen LogP) is 4.51. The van der Waals surface area contributed by atoms with E-state index in [1.165, 1.54) is 11.3 Å². The number of fused-ring (bicyclic) bond motifs is 1. The van der Waals surface area contributed by atoms with Crippen LogP contribution in [0.3, 0.4) is 0 Å². The molecular formula is C28H31N7O3S. The summed E-state index contributed by atoms with van der Waals surface area (Å²) in [7, 11) is 1.59. The third-order valence-corrected chi connectivity index (χ3v) is 7.82. The Balaban J connectivity index is 1.46. The summed E-state index contributed by atoms with van der Waals surface area (Å²) < 4.78 is 6.98. The number of aromatic nitrogens is 4. The lowest BCUT2D eigenvalue weighted by Crippen LogP contribution is -2.38. The van der Waals surface area contributed by atoms with E-state index in [0.717, 1.165) is 41.9 Å². The van der Waals surface area contributed by atoms with Crippen molar-refractivity contribution in [2.24, 2.45) is 0 Å². The van der Waals surface area contributed by atoms with Gasteiger partial charge in [0.2, 0.25) is 5.91 Å². The monoisotopic (exact) mass is 545 g/mol. The SMILES string of the molecule is CCc1cnc(NC(=O)c2ccc(-c3nc([C@@H]4CCCCN4C(=O)/C=C/COC)n4ccnc(N)c34)cc2)s1. The van der Waals surface area contributed by atoms with Gasteiger partial charge in [0.05, 0.1) is 12.6 Å². The van der Waals surface area contributed by atoms with Crippen molar-refractivity contribution < 1.29 is 14.3 Å². The molecule has 11 heteroatoms. The number of aryl methyl sites for hydroxylation is 1. The van der Waals surface area contributed by atoms with Crippen LogP contribution in [-0.4, -0.2) is 56.3 Å². The van der Waals surface area contributed by atoms with Crippen molar-refractivity contribution in [3.63, 3.8) is 0 Å². The number of nitrogens with one attached hydrogen (secondary N) is 1. The molecule has 1 aliphatic rings. The predicted molar refractivity (Wildman–Crippen MR) is 152 cm³/mol. The highest BCUT2D eigenvalue weighted by molar-refractivity contribution is 7.15. The maximum atomic E-state index is 13.1. The van der Waals surface area contributed by atoms with Gasteiger partial charge in [-0.3, -0.25) is 19.3 Å². The Hall–Kier alpha value is -4.09. The number of anilines is 2. The summed E-state index contributed by atoms with van der Waals surface area (Å²) in [6.45, 7) is 3.07. The Bertz CT molecular complexity index is 1510. The summed E-state index contributed by atoms with van der Waals surface area (Å²) in [4.78, 5) is 42.4. The summed E-state index contributed by atoms with van der Waals surface area (Å²) in [5, 5.41) is 3.44. The van der Waals surface area contributed by atoms with Gasteiger partial charge in [0, 0.05) is 54.3 Å². The number of hydrogen-bond donors (Lipinski definition) is 2. The number of hydrogen-bond acceptors (Lipinski definition) is 8. The molecule has 0 radical (unpaired) electrons. The molecule has 5 rings (SSSR count). The van der Waals surface area contributed by atoms with Crippen LogP contribution >= 0.6 is 11.3 Å². The minimum atomic E-state index is -0.229. The van der Waals surface area contributed by atoms with E-state index in [1.807, 2.05) is 27.6 Å². The van der Waals surface area contributed by atoms with E-state index in [9.17, 15) is 9.59 Å². The lowest BCUT2D eigenvalue weighted by molar-refractivity contribution is -0.130. The zero-order valence-corrected chi connectivity index (χ0v) is 22.8. The van der Waals surface area contributed by atoms with Crippen molar-refractivity contribution in [2.45, 2.75) is 38.6 Å². The van der Waals surface area contributed by atoms with Crippen LogP contribution in [0.1, 0.15) is 53.3 Å². The average Bonchev–Trinajstić information content (AvgIpc) is 3.58. The van der Waals surface area contributed by atoms with Crippen molar-refractivity contribution in [3.05, 3.63) is 71.3 Å². The van der Waals surface area contributed by atoms with E-state index < -0.39 is 0 Å². The fourth-order valence-electron chi connectivity index (χ4n) is 4.81. The molecule has 2 amide bonds. The molecule has 3 N–H and O–H groups in total. The highest BCUT2D eigenvalue weighted by atomic mass is 32.1. The second kappa shape index (κ2) is 11.7. The van der Waals surface area contributed by atoms with Gasteiger partial charge in [-0.2, -0.15) is 0 Å². The molecule has 0 spiro atoms. The van der Waals surface area contributed by atoms with E-state index in [0.29, 0.717) is 40.9 Å². The summed E-state index contributed by atoms with van der Waals surface area (Å²) in [6, 6.07) is 7.01. The van der Waals surface area contributed by atoms with Crippen LogP contribution in [0.25, 0.3) is 16.8 Å². The molecule has 0 bridgehead atoms. The number of piperidine rings is 1. The molecular weight excluding hydrogens is 514 g/mol. The minimum Gasteiger partial charge on any atom is -0.382 e. The highest BCUT2D eigenvalue weighted by Crippen LogP contribution is 2.36. The largest absolute Gasteiger partial charge is 0.382 e. The van der Waals surface area contributed by atoms with Crippen LogP contribution in [0, 0.1) is 0 Å². The van der Waals surface area contributed by atoms with Crippen molar-refractivity contribution >= 4 is 39.6 Å². The van der Waals surface area contributed by atoms with E-state index in [2.05, 4.69) is 22.2 Å². The number of benzene rings is 1. The molecule has 4 aromatic rings. The summed E-state index contributed by atoms with van der Waals surface area (Å²) >= 11 is 1.47. The Morgan fingerprint density at radius 3 is 2.79 bits per heavy atom. The lowest BCUT2D eigenvalue weighted by Gasteiger charge is -2.34. The van der Waals surface area contributed by atoms with Crippen molar-refractivity contribution in [1.29, 1.82) is 0 Å². The summed E-state index contributed by atoms with van der Waals surface area (Å²) in [5.41, 5.74) is 8.98. The van der Waals surface area contributed by atoms with E-state index >= 15 is 0 Å². The van der Waals surface area contributed by atoms with Gasteiger partial charge in [-0.05, 0) is 37.8 Å². The van der Waals surface area contributed by atoms with E-state index in [4.69, 9.17) is 15.5 Å². The standard InChI is InChI=1S/C28H31N7O3S/c1-3-20-17-31-28(39-20)33-27(37)19-11-9-18(10-12-19)23-24-25(29)30-13-15-35(24)26(32-23)21-7-4-5-14-34(21)22(36)8-6-16-38-2/h6,8-13,15,17,21H,3-5,7,14,16H2,1-2H3,(H2,29,30)(H,31,33,37)/b8-6+/t21-/m0/s1. The number of thiazole rings is 1.